The van der Waals surface area contributed by atoms with E-state index in [-0.39, 0.29) is 0 Å². The Balaban J connectivity index is 1.64. The smallest absolute Gasteiger partial charge is 0.118 e. The first-order valence-corrected chi connectivity index (χ1v) is 9.42. The van der Waals surface area contributed by atoms with Crippen LogP contribution in [0.5, 0.6) is 0 Å². The fourth-order valence-electron chi connectivity index (χ4n) is 3.49. The quantitative estimate of drug-likeness (QED) is 0.466. The Labute approximate surface area is 144 Å². The van der Waals surface area contributed by atoms with E-state index in [1.165, 1.54) is 64.2 Å². The average molecular weight is 342 g/mol. The summed E-state index contributed by atoms with van der Waals surface area (Å²) in [7, 11) is 0. The van der Waals surface area contributed by atoms with Crippen molar-refractivity contribution in [3.8, 4) is 0 Å². The molecule has 0 aromatic heterocycles. The Hall–Kier alpha value is -0.340. The number of nitrogens with one attached hydrogen (secondary N) is 3. The predicted molar refractivity (Wildman–Crippen MR) is 96.5 cm³/mol. The molecule has 3 aliphatic rings. The van der Waals surface area contributed by atoms with Crippen molar-refractivity contribution in [1.29, 1.82) is 0 Å². The lowest BCUT2D eigenvalue weighted by atomic mass is 9.96. The molecule has 2 aliphatic carbocycles. The SMILES string of the molecule is S=C1C=C(S)N(NC2CCCCC2)N(NC2CCCCC2)N1. The van der Waals surface area contributed by atoms with Crippen molar-refractivity contribution < 1.29 is 0 Å². The van der Waals surface area contributed by atoms with Gasteiger partial charge in [-0.1, -0.05) is 50.7 Å². The van der Waals surface area contributed by atoms with E-state index < -0.39 is 0 Å². The molecule has 0 spiro atoms. The number of nitrogens with zero attached hydrogens (tertiary/aromatic N) is 2. The standard InChI is InChI=1S/C15H27N5S2/c21-14-11-15(22)19(16-12-7-3-1-4-8-12)20(18-14)17-13-9-5-2-6-10-13/h11-13,16-17,22H,1-10H2,(H,18,21). The van der Waals surface area contributed by atoms with E-state index in [1.807, 2.05) is 16.4 Å². The van der Waals surface area contributed by atoms with Gasteiger partial charge in [0.05, 0.1) is 0 Å². The highest BCUT2D eigenvalue weighted by molar-refractivity contribution is 7.84. The van der Waals surface area contributed by atoms with Crippen molar-refractivity contribution in [3.05, 3.63) is 11.1 Å². The van der Waals surface area contributed by atoms with Crippen LogP contribution in [0.25, 0.3) is 0 Å². The van der Waals surface area contributed by atoms with E-state index >= 15 is 0 Å². The van der Waals surface area contributed by atoms with Crippen LogP contribution in [-0.4, -0.2) is 27.4 Å². The zero-order valence-electron chi connectivity index (χ0n) is 13.1. The van der Waals surface area contributed by atoms with Gasteiger partial charge in [-0.25, -0.2) is 10.9 Å². The summed E-state index contributed by atoms with van der Waals surface area (Å²) in [6.07, 6.45) is 14.7. The molecule has 3 rings (SSSR count). The second kappa shape index (κ2) is 7.97. The maximum absolute atomic E-state index is 5.31. The first kappa shape index (κ1) is 16.5. The zero-order chi connectivity index (χ0) is 15.4. The van der Waals surface area contributed by atoms with Gasteiger partial charge in [-0.15, -0.1) is 12.6 Å². The van der Waals surface area contributed by atoms with E-state index in [4.69, 9.17) is 12.2 Å². The molecule has 0 amide bonds. The van der Waals surface area contributed by atoms with Crippen molar-refractivity contribution in [3.63, 3.8) is 0 Å². The van der Waals surface area contributed by atoms with Crippen LogP contribution in [0.15, 0.2) is 11.1 Å². The number of hydrogen-bond donors (Lipinski definition) is 4. The molecular weight excluding hydrogens is 314 g/mol. The van der Waals surface area contributed by atoms with Gasteiger partial charge in [-0.3, -0.25) is 5.43 Å². The van der Waals surface area contributed by atoms with Crippen LogP contribution in [0.2, 0.25) is 0 Å². The molecule has 0 atom stereocenters. The van der Waals surface area contributed by atoms with Crippen LogP contribution in [0.3, 0.4) is 0 Å². The molecule has 0 aromatic carbocycles. The fourth-order valence-corrected chi connectivity index (χ4v) is 4.05. The fraction of sp³-hybridized carbons (Fsp3) is 0.800. The van der Waals surface area contributed by atoms with E-state index in [0.29, 0.717) is 17.1 Å². The second-order valence-corrected chi connectivity index (χ2v) is 7.43. The number of rotatable bonds is 4. The zero-order valence-corrected chi connectivity index (χ0v) is 14.8. The molecule has 2 saturated carbocycles. The minimum absolute atomic E-state index is 0.499. The Bertz CT molecular complexity index is 416. The van der Waals surface area contributed by atoms with Crippen molar-refractivity contribution in [2.75, 3.05) is 0 Å². The predicted octanol–water partition coefficient (Wildman–Crippen LogP) is 2.80. The Kier molecular flexibility index (Phi) is 5.98. The molecule has 0 saturated heterocycles. The number of hydrazine groups is 4. The van der Waals surface area contributed by atoms with Gasteiger partial charge >= 0.3 is 0 Å². The molecule has 7 heteroatoms. The topological polar surface area (TPSA) is 42.6 Å². The summed E-state index contributed by atoms with van der Waals surface area (Å²) in [6, 6.07) is 1.01. The van der Waals surface area contributed by atoms with Crippen LogP contribution in [0.4, 0.5) is 0 Å². The molecule has 0 aromatic rings. The molecule has 0 unspecified atom stereocenters. The normalized spacial score (nSPS) is 26.0. The van der Waals surface area contributed by atoms with Gasteiger partial charge in [0.25, 0.3) is 0 Å². The van der Waals surface area contributed by atoms with E-state index in [1.54, 1.807) is 0 Å². The van der Waals surface area contributed by atoms with Crippen LogP contribution in [0, 0.1) is 0 Å². The Morgan fingerprint density at radius 3 is 2.09 bits per heavy atom. The lowest BCUT2D eigenvalue weighted by molar-refractivity contribution is -0.123. The summed E-state index contributed by atoms with van der Waals surface area (Å²) < 4.78 is 0. The summed E-state index contributed by atoms with van der Waals surface area (Å²) in [5.41, 5.74) is 10.4. The molecule has 0 bridgehead atoms. The van der Waals surface area contributed by atoms with Gasteiger partial charge in [0.2, 0.25) is 0 Å². The Morgan fingerprint density at radius 1 is 0.955 bits per heavy atom. The molecule has 22 heavy (non-hydrogen) atoms. The van der Waals surface area contributed by atoms with Crippen LogP contribution in [-0.2, 0) is 0 Å². The first-order chi connectivity index (χ1) is 10.7. The summed E-state index contributed by atoms with van der Waals surface area (Å²) in [6.45, 7) is 0. The highest BCUT2D eigenvalue weighted by Crippen LogP contribution is 2.22. The largest absolute Gasteiger partial charge is 0.276 e. The van der Waals surface area contributed by atoms with Crippen LogP contribution in [0.1, 0.15) is 64.2 Å². The molecular formula is C15H27N5S2. The summed E-state index contributed by atoms with van der Waals surface area (Å²) in [5.74, 6) is 0. The molecule has 1 aliphatic heterocycles. The van der Waals surface area contributed by atoms with Crippen molar-refractivity contribution in [1.82, 2.24) is 26.6 Å². The molecule has 5 nitrogen and oxygen atoms in total. The number of thiocarbonyl (C=S) groups is 1. The summed E-state index contributed by atoms with van der Waals surface area (Å²) in [5, 5.41) is 4.70. The maximum Gasteiger partial charge on any atom is 0.118 e. The molecule has 3 N–H and O–H groups in total. The van der Waals surface area contributed by atoms with Gasteiger partial charge < -0.3 is 0 Å². The Morgan fingerprint density at radius 2 is 1.50 bits per heavy atom. The molecule has 0 radical (unpaired) electrons. The minimum atomic E-state index is 0.499. The van der Waals surface area contributed by atoms with Gasteiger partial charge in [0.15, 0.2) is 0 Å². The highest BCUT2D eigenvalue weighted by atomic mass is 32.1. The third-order valence-electron chi connectivity index (χ3n) is 4.71. The molecule has 1 heterocycles. The number of hydrogen-bond acceptors (Lipinski definition) is 6. The van der Waals surface area contributed by atoms with Gasteiger partial charge in [-0.05, 0) is 30.9 Å². The lowest BCUT2D eigenvalue weighted by Crippen LogP contribution is -2.67. The first-order valence-electron chi connectivity index (χ1n) is 8.56. The second-order valence-electron chi connectivity index (χ2n) is 6.53. The molecule has 2 fully saturated rings. The molecule has 124 valence electrons. The van der Waals surface area contributed by atoms with E-state index in [0.717, 1.165) is 5.03 Å². The maximum atomic E-state index is 5.31. The minimum Gasteiger partial charge on any atom is -0.276 e. The van der Waals surface area contributed by atoms with Gasteiger partial charge in [-0.2, -0.15) is 5.12 Å². The van der Waals surface area contributed by atoms with Gasteiger partial charge in [0, 0.05) is 18.2 Å². The highest BCUT2D eigenvalue weighted by Gasteiger charge is 2.28. The lowest BCUT2D eigenvalue weighted by Gasteiger charge is -2.43. The van der Waals surface area contributed by atoms with Crippen molar-refractivity contribution in [2.45, 2.75) is 76.3 Å². The average Bonchev–Trinajstić information content (AvgIpc) is 2.53. The summed E-state index contributed by atoms with van der Waals surface area (Å²) >= 11 is 9.92. The third-order valence-corrected chi connectivity index (χ3v) is 5.24. The third kappa shape index (κ3) is 4.35. The monoisotopic (exact) mass is 341 g/mol. The number of thiol groups is 1. The van der Waals surface area contributed by atoms with E-state index in [9.17, 15) is 0 Å². The van der Waals surface area contributed by atoms with Crippen molar-refractivity contribution in [2.24, 2.45) is 0 Å². The van der Waals surface area contributed by atoms with E-state index in [2.05, 4.69) is 28.9 Å². The van der Waals surface area contributed by atoms with Crippen LogP contribution < -0.4 is 16.3 Å². The van der Waals surface area contributed by atoms with Crippen molar-refractivity contribution >= 4 is 29.8 Å². The van der Waals surface area contributed by atoms with Gasteiger partial charge in [0.1, 0.15) is 10.0 Å². The summed E-state index contributed by atoms with van der Waals surface area (Å²) in [4.78, 5) is 0.690. The van der Waals surface area contributed by atoms with Crippen LogP contribution >= 0.6 is 24.8 Å².